The van der Waals surface area contributed by atoms with E-state index in [0.29, 0.717) is 0 Å². The summed E-state index contributed by atoms with van der Waals surface area (Å²) in [6.45, 7) is 4.13. The predicted octanol–water partition coefficient (Wildman–Crippen LogP) is 2.92. The Balaban J connectivity index is 1.76. The normalized spacial score (nSPS) is 15.3. The highest BCUT2D eigenvalue weighted by molar-refractivity contribution is 9.10. The molecular formula is C12H17BrN2. The van der Waals surface area contributed by atoms with Crippen LogP contribution >= 0.6 is 15.9 Å². The maximum Gasteiger partial charge on any atom is 0.0485 e. The van der Waals surface area contributed by atoms with E-state index in [-0.39, 0.29) is 0 Å². The van der Waals surface area contributed by atoms with Gasteiger partial charge in [-0.15, -0.1) is 0 Å². The van der Waals surface area contributed by atoms with E-state index < -0.39 is 0 Å². The first-order valence-electron chi connectivity index (χ1n) is 5.49. The number of hydrogen-bond donors (Lipinski definition) is 2. The molecule has 3 heteroatoms. The zero-order chi connectivity index (χ0) is 10.7. The Hall–Kier alpha value is -0.540. The molecule has 1 aromatic rings. The van der Waals surface area contributed by atoms with Crippen molar-refractivity contribution in [3.8, 4) is 0 Å². The summed E-state index contributed by atoms with van der Waals surface area (Å²) in [6.07, 6.45) is 2.71. The molecule has 0 unspecified atom stereocenters. The summed E-state index contributed by atoms with van der Waals surface area (Å²) < 4.78 is 1.15. The molecule has 2 nitrogen and oxygen atoms in total. The molecule has 0 radical (unpaired) electrons. The first kappa shape index (κ1) is 11.0. The molecule has 2 rings (SSSR count). The molecule has 0 atom stereocenters. The van der Waals surface area contributed by atoms with E-state index in [2.05, 4.69) is 51.7 Å². The summed E-state index contributed by atoms with van der Waals surface area (Å²) in [6, 6.07) is 7.18. The van der Waals surface area contributed by atoms with E-state index in [4.69, 9.17) is 0 Å². The zero-order valence-corrected chi connectivity index (χ0v) is 10.6. The molecular weight excluding hydrogens is 252 g/mol. The van der Waals surface area contributed by atoms with Crippen LogP contribution in [0.25, 0.3) is 0 Å². The van der Waals surface area contributed by atoms with Gasteiger partial charge in [-0.2, -0.15) is 0 Å². The molecule has 0 heterocycles. The lowest BCUT2D eigenvalue weighted by Crippen LogP contribution is -2.23. The van der Waals surface area contributed by atoms with Crippen molar-refractivity contribution in [1.29, 1.82) is 0 Å². The van der Waals surface area contributed by atoms with Gasteiger partial charge in [0.1, 0.15) is 0 Å². The molecule has 0 aromatic heterocycles. The third-order valence-corrected chi connectivity index (χ3v) is 3.23. The fourth-order valence-electron chi connectivity index (χ4n) is 1.52. The van der Waals surface area contributed by atoms with E-state index in [1.165, 1.54) is 24.1 Å². The maximum absolute atomic E-state index is 3.56. The van der Waals surface area contributed by atoms with E-state index in [0.717, 1.165) is 23.6 Å². The highest BCUT2D eigenvalue weighted by atomic mass is 79.9. The monoisotopic (exact) mass is 268 g/mol. The SMILES string of the molecule is Cc1ccc(NCCNC2CC2)c(Br)c1. The molecule has 0 spiro atoms. The molecule has 2 N–H and O–H groups in total. The van der Waals surface area contributed by atoms with E-state index in [1.54, 1.807) is 0 Å². The fraction of sp³-hybridized carbons (Fsp3) is 0.500. The molecule has 1 saturated carbocycles. The van der Waals surface area contributed by atoms with Gasteiger partial charge in [0.2, 0.25) is 0 Å². The van der Waals surface area contributed by atoms with Crippen molar-refractivity contribution in [2.24, 2.45) is 0 Å². The lowest BCUT2D eigenvalue weighted by Gasteiger charge is -2.09. The van der Waals surface area contributed by atoms with Gasteiger partial charge in [-0.25, -0.2) is 0 Å². The standard InChI is InChI=1S/C12H17BrN2/c1-9-2-5-12(11(13)8-9)15-7-6-14-10-3-4-10/h2,5,8,10,14-15H,3-4,6-7H2,1H3. The van der Waals surface area contributed by atoms with Gasteiger partial charge in [-0.3, -0.25) is 0 Å². The van der Waals surface area contributed by atoms with Gasteiger partial charge in [0, 0.05) is 29.3 Å². The number of anilines is 1. The first-order valence-corrected chi connectivity index (χ1v) is 6.28. The van der Waals surface area contributed by atoms with Crippen LogP contribution in [-0.4, -0.2) is 19.1 Å². The second-order valence-electron chi connectivity index (χ2n) is 4.14. The first-order chi connectivity index (χ1) is 7.25. The number of aryl methyl sites for hydroxylation is 1. The van der Waals surface area contributed by atoms with Gasteiger partial charge < -0.3 is 10.6 Å². The largest absolute Gasteiger partial charge is 0.383 e. The summed E-state index contributed by atoms with van der Waals surface area (Å²) >= 11 is 3.56. The van der Waals surface area contributed by atoms with Gasteiger partial charge in [0.15, 0.2) is 0 Å². The lowest BCUT2D eigenvalue weighted by molar-refractivity contribution is 0.701. The Kier molecular flexibility index (Phi) is 3.65. The van der Waals surface area contributed by atoms with Crippen LogP contribution in [0.5, 0.6) is 0 Å². The van der Waals surface area contributed by atoms with Crippen molar-refractivity contribution in [3.63, 3.8) is 0 Å². The number of nitrogens with one attached hydrogen (secondary N) is 2. The van der Waals surface area contributed by atoms with E-state index >= 15 is 0 Å². The van der Waals surface area contributed by atoms with Crippen LogP contribution in [-0.2, 0) is 0 Å². The predicted molar refractivity (Wildman–Crippen MR) is 68.4 cm³/mol. The Morgan fingerprint density at radius 2 is 2.13 bits per heavy atom. The van der Waals surface area contributed by atoms with Gasteiger partial charge in [-0.05, 0) is 53.4 Å². The molecule has 0 bridgehead atoms. The highest BCUT2D eigenvalue weighted by Crippen LogP contribution is 2.23. The molecule has 82 valence electrons. The third kappa shape index (κ3) is 3.50. The Morgan fingerprint density at radius 3 is 2.80 bits per heavy atom. The van der Waals surface area contributed by atoms with Crippen LogP contribution in [0.1, 0.15) is 18.4 Å². The minimum absolute atomic E-state index is 0.799. The van der Waals surface area contributed by atoms with Crippen LogP contribution < -0.4 is 10.6 Å². The molecule has 0 aliphatic heterocycles. The summed E-state index contributed by atoms with van der Waals surface area (Å²) in [5.41, 5.74) is 2.46. The molecule has 1 aliphatic rings. The molecule has 1 fully saturated rings. The van der Waals surface area contributed by atoms with Gasteiger partial charge >= 0.3 is 0 Å². The van der Waals surface area contributed by atoms with Crippen LogP contribution in [0.4, 0.5) is 5.69 Å². The van der Waals surface area contributed by atoms with Gasteiger partial charge in [0.05, 0.1) is 0 Å². The van der Waals surface area contributed by atoms with Crippen molar-refractivity contribution in [2.75, 3.05) is 18.4 Å². The number of hydrogen-bond acceptors (Lipinski definition) is 2. The summed E-state index contributed by atoms with van der Waals surface area (Å²) in [7, 11) is 0. The third-order valence-electron chi connectivity index (χ3n) is 2.58. The highest BCUT2D eigenvalue weighted by Gasteiger charge is 2.19. The zero-order valence-electron chi connectivity index (χ0n) is 9.02. The average Bonchev–Trinajstić information content (AvgIpc) is 2.99. The Bertz CT molecular complexity index is 334. The van der Waals surface area contributed by atoms with Crippen molar-refractivity contribution >= 4 is 21.6 Å². The average molecular weight is 269 g/mol. The maximum atomic E-state index is 3.56. The Labute approximate surface area is 99.6 Å². The summed E-state index contributed by atoms with van der Waals surface area (Å²) in [5, 5.41) is 6.89. The molecule has 1 aromatic carbocycles. The fourth-order valence-corrected chi connectivity index (χ4v) is 2.16. The molecule has 0 saturated heterocycles. The minimum Gasteiger partial charge on any atom is -0.383 e. The minimum atomic E-state index is 0.799. The molecule has 15 heavy (non-hydrogen) atoms. The van der Waals surface area contributed by atoms with E-state index in [9.17, 15) is 0 Å². The smallest absolute Gasteiger partial charge is 0.0485 e. The molecule has 1 aliphatic carbocycles. The van der Waals surface area contributed by atoms with Crippen LogP contribution in [0, 0.1) is 6.92 Å². The van der Waals surface area contributed by atoms with Crippen molar-refractivity contribution < 1.29 is 0 Å². The van der Waals surface area contributed by atoms with Crippen LogP contribution in [0.3, 0.4) is 0 Å². The van der Waals surface area contributed by atoms with Crippen molar-refractivity contribution in [3.05, 3.63) is 28.2 Å². The topological polar surface area (TPSA) is 24.1 Å². The number of benzene rings is 1. The second kappa shape index (κ2) is 4.99. The van der Waals surface area contributed by atoms with Gasteiger partial charge in [0.25, 0.3) is 0 Å². The van der Waals surface area contributed by atoms with Crippen LogP contribution in [0.2, 0.25) is 0 Å². The van der Waals surface area contributed by atoms with Gasteiger partial charge in [-0.1, -0.05) is 6.07 Å². The number of halogens is 1. The van der Waals surface area contributed by atoms with E-state index in [1.807, 2.05) is 0 Å². The lowest BCUT2D eigenvalue weighted by atomic mass is 10.2. The van der Waals surface area contributed by atoms with Crippen molar-refractivity contribution in [1.82, 2.24) is 5.32 Å². The summed E-state index contributed by atoms with van der Waals surface area (Å²) in [4.78, 5) is 0. The van der Waals surface area contributed by atoms with Crippen LogP contribution in [0.15, 0.2) is 22.7 Å². The Morgan fingerprint density at radius 1 is 1.33 bits per heavy atom. The number of rotatable bonds is 5. The molecule has 0 amide bonds. The summed E-state index contributed by atoms with van der Waals surface area (Å²) in [5.74, 6) is 0. The quantitative estimate of drug-likeness (QED) is 0.803. The second-order valence-corrected chi connectivity index (χ2v) is 4.99. The van der Waals surface area contributed by atoms with Crippen molar-refractivity contribution in [2.45, 2.75) is 25.8 Å².